The number of carbonyl (C=O) groups is 1. The molecule has 0 radical (unpaired) electrons. The summed E-state index contributed by atoms with van der Waals surface area (Å²) in [6.45, 7) is 5.87. The minimum atomic E-state index is -3.94. The third kappa shape index (κ3) is 6.14. The van der Waals surface area contributed by atoms with Crippen molar-refractivity contribution in [1.29, 1.82) is 0 Å². The van der Waals surface area contributed by atoms with Gasteiger partial charge in [0.1, 0.15) is 5.75 Å². The summed E-state index contributed by atoms with van der Waals surface area (Å²) in [5.74, 6) is 0.278. The molecule has 1 saturated carbocycles. The molecule has 0 saturated heterocycles. The third-order valence-corrected chi connectivity index (χ3v) is 12.8. The molecule has 0 unspecified atom stereocenters. The van der Waals surface area contributed by atoms with Crippen molar-refractivity contribution in [2.75, 3.05) is 24.6 Å². The van der Waals surface area contributed by atoms with E-state index in [-0.39, 0.29) is 23.2 Å². The molecule has 2 aliphatic heterocycles. The number of anilines is 1. The maximum Gasteiger partial charge on any atom is 0.264 e. The van der Waals surface area contributed by atoms with E-state index in [9.17, 15) is 18.3 Å². The zero-order valence-corrected chi connectivity index (χ0v) is 27.4. The SMILES string of the molecule is CCCC[C@@H]1[C@H](C)C/C=C\[C@H](O)[C@@H]2CC[C@H]2CN2C[C@@]3(CCCc4cc(Cl)ccc43)COc3ccc(cc32)C(=O)NS1(=O)=O. The van der Waals surface area contributed by atoms with Crippen molar-refractivity contribution in [3.63, 3.8) is 0 Å². The van der Waals surface area contributed by atoms with Crippen LogP contribution in [0.4, 0.5) is 5.69 Å². The number of rotatable bonds is 3. The Hall–Kier alpha value is -2.55. The van der Waals surface area contributed by atoms with E-state index in [1.165, 1.54) is 11.1 Å². The Morgan fingerprint density at radius 1 is 1.18 bits per heavy atom. The van der Waals surface area contributed by atoms with Gasteiger partial charge < -0.3 is 14.7 Å². The molecule has 2 aromatic carbocycles. The van der Waals surface area contributed by atoms with E-state index in [1.54, 1.807) is 12.1 Å². The minimum Gasteiger partial charge on any atom is -0.490 e. The number of halogens is 1. The second-order valence-electron chi connectivity index (χ2n) is 13.6. The van der Waals surface area contributed by atoms with Crippen LogP contribution in [0.5, 0.6) is 5.75 Å². The van der Waals surface area contributed by atoms with Gasteiger partial charge in [0.05, 0.1) is 23.6 Å². The van der Waals surface area contributed by atoms with E-state index in [4.69, 9.17) is 16.3 Å². The Morgan fingerprint density at radius 2 is 2.02 bits per heavy atom. The first-order chi connectivity index (χ1) is 21.1. The van der Waals surface area contributed by atoms with Gasteiger partial charge in [0.25, 0.3) is 5.91 Å². The van der Waals surface area contributed by atoms with Gasteiger partial charge in [-0.15, -0.1) is 0 Å². The van der Waals surface area contributed by atoms with Crippen molar-refractivity contribution in [2.45, 2.75) is 88.4 Å². The van der Waals surface area contributed by atoms with Crippen LogP contribution in [0.2, 0.25) is 5.02 Å². The van der Waals surface area contributed by atoms with Crippen molar-refractivity contribution < 1.29 is 23.1 Å². The maximum atomic E-state index is 13.6. The molecule has 1 fully saturated rings. The Labute approximate surface area is 267 Å². The van der Waals surface area contributed by atoms with Gasteiger partial charge in [-0.25, -0.2) is 13.1 Å². The third-order valence-electron chi connectivity index (χ3n) is 10.6. The van der Waals surface area contributed by atoms with Crippen LogP contribution in [0.1, 0.15) is 86.7 Å². The van der Waals surface area contributed by atoms with Gasteiger partial charge in [0.2, 0.25) is 10.0 Å². The van der Waals surface area contributed by atoms with Gasteiger partial charge in [-0.2, -0.15) is 0 Å². The first-order valence-corrected chi connectivity index (χ1v) is 18.2. The molecular formula is C35H45ClN2O5S. The van der Waals surface area contributed by atoms with Crippen LogP contribution in [0.15, 0.2) is 48.6 Å². The number of nitrogens with zero attached hydrogens (tertiary/aromatic N) is 1. The number of unbranched alkanes of at least 4 members (excludes halogenated alkanes) is 1. The lowest BCUT2D eigenvalue weighted by Crippen LogP contribution is -2.49. The number of hydrogen-bond acceptors (Lipinski definition) is 6. The number of aryl methyl sites for hydroxylation is 1. The van der Waals surface area contributed by atoms with E-state index in [2.05, 4.69) is 21.8 Å². The quantitative estimate of drug-likeness (QED) is 0.376. The van der Waals surface area contributed by atoms with Crippen LogP contribution in [-0.2, 0) is 21.9 Å². The molecule has 2 N–H and O–H groups in total. The van der Waals surface area contributed by atoms with E-state index >= 15 is 0 Å². The van der Waals surface area contributed by atoms with Crippen LogP contribution in [-0.4, -0.2) is 50.5 Å². The summed E-state index contributed by atoms with van der Waals surface area (Å²) < 4.78 is 36.2. The Balaban J connectivity index is 1.41. The van der Waals surface area contributed by atoms with Crippen LogP contribution >= 0.6 is 11.6 Å². The standard InChI is InChI=1S/C35H45ClN2O5S/c1-3-4-10-33-23(2)7-5-9-31(39)28-14-11-26(28)20-38-21-35(17-6-8-24-18-27(36)13-15-29(24)35)22-43-32-16-12-25(19-30(32)38)34(40)37-44(33,41)42/h5,9,12-13,15-16,18-19,23,26,28,31,33,39H,3-4,6-8,10-11,14,17,20-22H2,1-2H3,(H,37,40)/b9-5-/t23-,26+,28-,31+,33-,35+/m1/s1. The highest BCUT2D eigenvalue weighted by Gasteiger charge is 2.44. The van der Waals surface area contributed by atoms with Gasteiger partial charge in [-0.3, -0.25) is 4.79 Å². The number of sulfonamides is 1. The van der Waals surface area contributed by atoms with Crippen molar-refractivity contribution in [3.05, 3.63) is 70.3 Å². The number of allylic oxidation sites excluding steroid dienone is 1. The Morgan fingerprint density at radius 3 is 2.80 bits per heavy atom. The number of ether oxygens (including phenoxy) is 1. The molecule has 4 aliphatic rings. The van der Waals surface area contributed by atoms with Crippen molar-refractivity contribution in [3.8, 4) is 5.75 Å². The predicted molar refractivity (Wildman–Crippen MR) is 175 cm³/mol. The first-order valence-electron chi connectivity index (χ1n) is 16.3. The van der Waals surface area contributed by atoms with E-state index in [0.29, 0.717) is 37.3 Å². The number of benzene rings is 2. The second-order valence-corrected chi connectivity index (χ2v) is 15.9. The predicted octanol–water partition coefficient (Wildman–Crippen LogP) is 6.41. The van der Waals surface area contributed by atoms with Crippen LogP contribution < -0.4 is 14.4 Å². The molecule has 2 heterocycles. The lowest BCUT2D eigenvalue weighted by molar-refractivity contribution is 0.0455. The zero-order chi connectivity index (χ0) is 31.1. The van der Waals surface area contributed by atoms with Gasteiger partial charge in [0, 0.05) is 29.1 Å². The summed E-state index contributed by atoms with van der Waals surface area (Å²) >= 11 is 6.40. The summed E-state index contributed by atoms with van der Waals surface area (Å²) in [7, 11) is -3.94. The number of aliphatic hydroxyl groups excluding tert-OH is 1. The number of hydrogen-bond donors (Lipinski definition) is 2. The molecule has 6 atom stereocenters. The lowest BCUT2D eigenvalue weighted by atomic mass is 9.68. The van der Waals surface area contributed by atoms with Gasteiger partial charge in [-0.1, -0.05) is 56.5 Å². The largest absolute Gasteiger partial charge is 0.490 e. The summed E-state index contributed by atoms with van der Waals surface area (Å²) in [6, 6.07) is 11.5. The lowest BCUT2D eigenvalue weighted by Gasteiger charge is -2.45. The average molecular weight is 641 g/mol. The second kappa shape index (κ2) is 12.7. The van der Waals surface area contributed by atoms with Gasteiger partial charge in [-0.05, 0) is 104 Å². The van der Waals surface area contributed by atoms with E-state index in [1.807, 2.05) is 38.1 Å². The highest BCUT2D eigenvalue weighted by Crippen LogP contribution is 2.46. The van der Waals surface area contributed by atoms with Crippen LogP contribution in [0, 0.1) is 17.8 Å². The normalized spacial score (nSPS) is 32.3. The molecule has 2 aromatic rings. The minimum absolute atomic E-state index is 0.126. The molecule has 6 rings (SSSR count). The highest BCUT2D eigenvalue weighted by atomic mass is 35.5. The highest BCUT2D eigenvalue weighted by molar-refractivity contribution is 7.90. The Bertz CT molecular complexity index is 1530. The molecule has 44 heavy (non-hydrogen) atoms. The first kappa shape index (κ1) is 31.4. The molecule has 2 bridgehead atoms. The number of carbonyl (C=O) groups excluding carboxylic acids is 1. The molecule has 1 amide bonds. The van der Waals surface area contributed by atoms with E-state index < -0.39 is 27.3 Å². The molecule has 238 valence electrons. The summed E-state index contributed by atoms with van der Waals surface area (Å²) in [5.41, 5.74) is 3.35. The van der Waals surface area contributed by atoms with Gasteiger partial charge in [0.15, 0.2) is 0 Å². The van der Waals surface area contributed by atoms with Crippen LogP contribution in [0.3, 0.4) is 0 Å². The summed E-state index contributed by atoms with van der Waals surface area (Å²) in [4.78, 5) is 15.9. The molecule has 7 nitrogen and oxygen atoms in total. The molecule has 0 aromatic heterocycles. The van der Waals surface area contributed by atoms with Crippen LogP contribution in [0.25, 0.3) is 0 Å². The molecule has 9 heteroatoms. The van der Waals surface area contributed by atoms with E-state index in [0.717, 1.165) is 62.2 Å². The number of fused-ring (bicyclic) bond motifs is 4. The number of amides is 1. The number of nitrogens with one attached hydrogen (secondary N) is 1. The molecular weight excluding hydrogens is 596 g/mol. The molecule has 2 aliphatic carbocycles. The summed E-state index contributed by atoms with van der Waals surface area (Å²) in [5, 5.41) is 11.3. The van der Waals surface area contributed by atoms with Crippen molar-refractivity contribution in [1.82, 2.24) is 4.72 Å². The van der Waals surface area contributed by atoms with Crippen molar-refractivity contribution in [2.24, 2.45) is 17.8 Å². The topological polar surface area (TPSA) is 95.9 Å². The average Bonchev–Trinajstić information content (AvgIpc) is 3.11. The number of aliphatic hydroxyl groups is 1. The fourth-order valence-corrected chi connectivity index (χ4v) is 9.87. The summed E-state index contributed by atoms with van der Waals surface area (Å²) in [6.07, 6.45) is 10.8. The fraction of sp³-hybridized carbons (Fsp3) is 0.571. The monoisotopic (exact) mass is 640 g/mol. The van der Waals surface area contributed by atoms with Gasteiger partial charge >= 0.3 is 0 Å². The zero-order valence-electron chi connectivity index (χ0n) is 25.8. The van der Waals surface area contributed by atoms with Crippen molar-refractivity contribution >= 4 is 33.2 Å². The Kier molecular flexibility index (Phi) is 9.06. The maximum absolute atomic E-state index is 13.6. The smallest absolute Gasteiger partial charge is 0.264 e. The molecule has 1 spiro atoms. The fourth-order valence-electron chi connectivity index (χ4n) is 7.95.